The smallest absolute Gasteiger partial charge is 0.306 e. The fourth-order valence-corrected chi connectivity index (χ4v) is 1.60. The summed E-state index contributed by atoms with van der Waals surface area (Å²) in [5.41, 5.74) is 3.54. The first-order valence-electron chi connectivity index (χ1n) is 5.23. The van der Waals surface area contributed by atoms with Crippen molar-refractivity contribution in [3.63, 3.8) is 0 Å². The van der Waals surface area contributed by atoms with Gasteiger partial charge in [-0.1, -0.05) is 13.0 Å². The van der Waals surface area contributed by atoms with Gasteiger partial charge in [-0.2, -0.15) is 0 Å². The largest absolute Gasteiger partial charge is 0.481 e. The van der Waals surface area contributed by atoms with E-state index in [0.29, 0.717) is 12.0 Å². The summed E-state index contributed by atoms with van der Waals surface area (Å²) in [6.45, 7) is 5.54. The Morgan fingerprint density at radius 1 is 1.38 bits per heavy atom. The van der Waals surface area contributed by atoms with Gasteiger partial charge in [0, 0.05) is 5.56 Å². The zero-order valence-electron chi connectivity index (χ0n) is 9.78. The Hall–Kier alpha value is -1.64. The Bertz CT molecular complexity index is 421. The summed E-state index contributed by atoms with van der Waals surface area (Å²) in [6, 6.07) is 3.71. The maximum atomic E-state index is 10.9. The van der Waals surface area contributed by atoms with Gasteiger partial charge in [0.25, 0.3) is 0 Å². The number of carbonyl (C=O) groups excluding carboxylic acids is 1. The molecule has 0 fully saturated rings. The molecule has 0 aliphatic heterocycles. The van der Waals surface area contributed by atoms with Crippen LogP contribution in [0.5, 0.6) is 0 Å². The second-order valence-corrected chi connectivity index (χ2v) is 4.20. The highest BCUT2D eigenvalue weighted by molar-refractivity contribution is 5.79. The Kier molecular flexibility index (Phi) is 3.82. The van der Waals surface area contributed by atoms with Crippen LogP contribution in [0.15, 0.2) is 12.1 Å². The third-order valence-electron chi connectivity index (χ3n) is 2.83. The molecule has 0 aliphatic carbocycles. The molecule has 0 heterocycles. The van der Waals surface area contributed by atoms with Crippen LogP contribution in [0.25, 0.3) is 0 Å². The van der Waals surface area contributed by atoms with Crippen molar-refractivity contribution < 1.29 is 14.7 Å². The molecule has 0 aliphatic rings. The highest BCUT2D eigenvalue weighted by Gasteiger charge is 2.14. The van der Waals surface area contributed by atoms with Crippen molar-refractivity contribution in [2.75, 3.05) is 0 Å². The minimum absolute atomic E-state index is 0.393. The molecule has 0 bridgehead atoms. The molecule has 3 heteroatoms. The molecule has 0 spiro atoms. The number of aryl methyl sites for hydroxylation is 2. The van der Waals surface area contributed by atoms with Crippen LogP contribution in [0.1, 0.15) is 34.0 Å². The molecule has 0 saturated heterocycles. The van der Waals surface area contributed by atoms with Gasteiger partial charge in [0.15, 0.2) is 0 Å². The van der Waals surface area contributed by atoms with E-state index >= 15 is 0 Å². The van der Waals surface area contributed by atoms with E-state index in [2.05, 4.69) is 0 Å². The quantitative estimate of drug-likeness (QED) is 0.792. The lowest BCUT2D eigenvalue weighted by atomic mass is 9.93. The molecule has 1 rings (SSSR count). The van der Waals surface area contributed by atoms with Gasteiger partial charge < -0.3 is 5.11 Å². The van der Waals surface area contributed by atoms with Gasteiger partial charge in [0.1, 0.15) is 6.29 Å². The molecule has 86 valence electrons. The minimum atomic E-state index is -0.838. The van der Waals surface area contributed by atoms with Crippen molar-refractivity contribution in [2.24, 2.45) is 5.92 Å². The molecular formula is C13H16O3. The molecule has 3 nitrogen and oxygen atoms in total. The van der Waals surface area contributed by atoms with Crippen molar-refractivity contribution >= 4 is 12.3 Å². The molecule has 1 N–H and O–H groups in total. The van der Waals surface area contributed by atoms with Crippen LogP contribution in [0.2, 0.25) is 0 Å². The molecular weight excluding hydrogens is 204 g/mol. The van der Waals surface area contributed by atoms with Crippen molar-refractivity contribution in [1.29, 1.82) is 0 Å². The van der Waals surface area contributed by atoms with Crippen LogP contribution in [-0.4, -0.2) is 17.4 Å². The van der Waals surface area contributed by atoms with E-state index in [1.807, 2.05) is 26.0 Å². The van der Waals surface area contributed by atoms with Crippen molar-refractivity contribution in [1.82, 2.24) is 0 Å². The number of aliphatic carboxylic acids is 1. The van der Waals surface area contributed by atoms with Crippen LogP contribution in [0, 0.1) is 19.8 Å². The van der Waals surface area contributed by atoms with E-state index < -0.39 is 11.9 Å². The van der Waals surface area contributed by atoms with Crippen LogP contribution in [0.4, 0.5) is 0 Å². The molecule has 0 aromatic heterocycles. The average molecular weight is 220 g/mol. The Morgan fingerprint density at radius 2 is 1.94 bits per heavy atom. The molecule has 16 heavy (non-hydrogen) atoms. The SMILES string of the molecule is Cc1cc(C=O)c(CC(C)C(=O)O)cc1C. The highest BCUT2D eigenvalue weighted by atomic mass is 16.4. The van der Waals surface area contributed by atoms with Crippen LogP contribution in [-0.2, 0) is 11.2 Å². The molecule has 0 radical (unpaired) electrons. The number of hydrogen-bond donors (Lipinski definition) is 1. The number of carboxylic acid groups (broad SMARTS) is 1. The Morgan fingerprint density at radius 3 is 2.44 bits per heavy atom. The number of benzene rings is 1. The second-order valence-electron chi connectivity index (χ2n) is 4.20. The fourth-order valence-electron chi connectivity index (χ4n) is 1.60. The molecule has 1 atom stereocenters. The molecule has 1 aromatic rings. The molecule has 1 unspecified atom stereocenters. The first-order chi connectivity index (χ1) is 7.45. The highest BCUT2D eigenvalue weighted by Crippen LogP contribution is 2.18. The summed E-state index contributed by atoms with van der Waals surface area (Å²) in [5.74, 6) is -1.31. The number of carboxylic acids is 1. The Balaban J connectivity index is 3.07. The minimum Gasteiger partial charge on any atom is -0.481 e. The Labute approximate surface area is 95.1 Å². The van der Waals surface area contributed by atoms with E-state index in [9.17, 15) is 9.59 Å². The van der Waals surface area contributed by atoms with Crippen molar-refractivity contribution in [3.8, 4) is 0 Å². The normalized spacial score (nSPS) is 12.2. The summed E-state index contributed by atoms with van der Waals surface area (Å²) in [4.78, 5) is 21.7. The van der Waals surface area contributed by atoms with Gasteiger partial charge >= 0.3 is 5.97 Å². The monoisotopic (exact) mass is 220 g/mol. The topological polar surface area (TPSA) is 54.4 Å². The second kappa shape index (κ2) is 4.92. The van der Waals surface area contributed by atoms with E-state index in [-0.39, 0.29) is 0 Å². The first kappa shape index (κ1) is 12.4. The van der Waals surface area contributed by atoms with Gasteiger partial charge in [-0.15, -0.1) is 0 Å². The molecule has 0 amide bonds. The van der Waals surface area contributed by atoms with Gasteiger partial charge in [-0.05, 0) is 43.0 Å². The van der Waals surface area contributed by atoms with E-state index in [0.717, 1.165) is 23.0 Å². The predicted molar refractivity (Wildman–Crippen MR) is 61.8 cm³/mol. The van der Waals surface area contributed by atoms with E-state index in [1.165, 1.54) is 0 Å². The van der Waals surface area contributed by atoms with Crippen LogP contribution in [0.3, 0.4) is 0 Å². The average Bonchev–Trinajstić information content (AvgIpc) is 2.22. The fraction of sp³-hybridized carbons (Fsp3) is 0.385. The third-order valence-corrected chi connectivity index (χ3v) is 2.83. The van der Waals surface area contributed by atoms with Gasteiger partial charge in [-0.25, -0.2) is 0 Å². The number of hydrogen-bond acceptors (Lipinski definition) is 2. The first-order valence-corrected chi connectivity index (χ1v) is 5.23. The van der Waals surface area contributed by atoms with Crippen molar-refractivity contribution in [2.45, 2.75) is 27.2 Å². The lowest BCUT2D eigenvalue weighted by Crippen LogP contribution is -2.13. The zero-order chi connectivity index (χ0) is 12.3. The number of rotatable bonds is 4. The summed E-state index contributed by atoms with van der Waals surface area (Å²) in [5, 5.41) is 8.84. The summed E-state index contributed by atoms with van der Waals surface area (Å²) >= 11 is 0. The maximum Gasteiger partial charge on any atom is 0.306 e. The van der Waals surface area contributed by atoms with E-state index in [4.69, 9.17) is 5.11 Å². The van der Waals surface area contributed by atoms with Gasteiger partial charge in [0.05, 0.1) is 5.92 Å². The summed E-state index contributed by atoms with van der Waals surface area (Å²) in [6.07, 6.45) is 1.18. The van der Waals surface area contributed by atoms with Gasteiger partial charge in [0.2, 0.25) is 0 Å². The van der Waals surface area contributed by atoms with Crippen LogP contribution >= 0.6 is 0 Å². The summed E-state index contributed by atoms with van der Waals surface area (Å²) < 4.78 is 0. The van der Waals surface area contributed by atoms with Crippen LogP contribution < -0.4 is 0 Å². The maximum absolute atomic E-state index is 10.9. The lowest BCUT2D eigenvalue weighted by Gasteiger charge is -2.11. The summed E-state index contributed by atoms with van der Waals surface area (Å²) in [7, 11) is 0. The molecule has 0 saturated carbocycles. The molecule has 1 aromatic carbocycles. The standard InChI is InChI=1S/C13H16O3/c1-8-4-11(6-10(3)13(15)16)12(7-14)5-9(8)2/h4-5,7,10H,6H2,1-3H3,(H,15,16). The van der Waals surface area contributed by atoms with E-state index in [1.54, 1.807) is 6.92 Å². The third kappa shape index (κ3) is 2.69. The zero-order valence-corrected chi connectivity index (χ0v) is 9.78. The lowest BCUT2D eigenvalue weighted by molar-refractivity contribution is -0.141. The van der Waals surface area contributed by atoms with Gasteiger partial charge in [-0.3, -0.25) is 9.59 Å². The number of carbonyl (C=O) groups is 2. The predicted octanol–water partition coefficient (Wildman–Crippen LogP) is 2.38. The number of aldehydes is 1. The van der Waals surface area contributed by atoms with Crippen molar-refractivity contribution in [3.05, 3.63) is 34.4 Å².